The Morgan fingerprint density at radius 2 is 1.15 bits per heavy atom. The average molecular weight is 431 g/mol. The molecule has 0 heteroatoms. The molecule has 0 bridgehead atoms. The van der Waals surface area contributed by atoms with Crippen LogP contribution in [0, 0.1) is 0 Å². The standard InChI is InChI=1S/C34H22/c1-3-13-23(14-4-1)32(34-30-21-11-8-17-26(30)27-18-9-12-22-31(27)34)33-28-19-6-2-5-15-24(28)25-16-7-10-20-29(25)33/h1-4,6-22,34H. The van der Waals surface area contributed by atoms with Crippen LogP contribution in [0.5, 0.6) is 0 Å². The Morgan fingerprint density at radius 3 is 1.85 bits per heavy atom. The number of hydrogen-bond acceptors (Lipinski definition) is 0. The molecule has 0 atom stereocenters. The normalized spacial score (nSPS) is 16.7. The van der Waals surface area contributed by atoms with Gasteiger partial charge in [0.2, 0.25) is 0 Å². The summed E-state index contributed by atoms with van der Waals surface area (Å²) in [4.78, 5) is 0. The fraction of sp³-hybridized carbons (Fsp3) is 0.0294. The van der Waals surface area contributed by atoms with Crippen LogP contribution in [0.15, 0.2) is 139 Å². The summed E-state index contributed by atoms with van der Waals surface area (Å²) in [5.41, 5.74) is 17.9. The fourth-order valence-corrected chi connectivity index (χ4v) is 5.85. The summed E-state index contributed by atoms with van der Waals surface area (Å²) in [6.07, 6.45) is 8.52. The van der Waals surface area contributed by atoms with Crippen molar-refractivity contribution in [3.63, 3.8) is 0 Å². The summed E-state index contributed by atoms with van der Waals surface area (Å²) in [5.74, 6) is 0.165. The van der Waals surface area contributed by atoms with Crippen LogP contribution < -0.4 is 0 Å². The Morgan fingerprint density at radius 1 is 0.559 bits per heavy atom. The molecule has 0 saturated heterocycles. The maximum atomic E-state index is 3.34. The van der Waals surface area contributed by atoms with E-state index >= 15 is 0 Å². The molecular weight excluding hydrogens is 408 g/mol. The fourth-order valence-electron chi connectivity index (χ4n) is 5.85. The molecule has 0 N–H and O–H groups in total. The second-order valence-corrected chi connectivity index (χ2v) is 8.97. The number of hydrogen-bond donors (Lipinski definition) is 0. The third kappa shape index (κ3) is 2.73. The average Bonchev–Trinajstić information content (AvgIpc) is 3.26. The molecule has 158 valence electrons. The first kappa shape index (κ1) is 19.1. The smallest absolute Gasteiger partial charge is 0.0364 e. The number of fused-ring (bicyclic) bond motifs is 5. The lowest BCUT2D eigenvalue weighted by atomic mass is 9.79. The Hall–Kier alpha value is -4.38. The predicted octanol–water partition coefficient (Wildman–Crippen LogP) is 8.46. The van der Waals surface area contributed by atoms with E-state index in [2.05, 4.69) is 127 Å². The van der Waals surface area contributed by atoms with Crippen molar-refractivity contribution in [3.8, 4) is 11.1 Å². The van der Waals surface area contributed by atoms with Crippen LogP contribution in [0.4, 0.5) is 0 Å². The van der Waals surface area contributed by atoms with E-state index in [0.29, 0.717) is 0 Å². The molecule has 0 unspecified atom stereocenters. The minimum absolute atomic E-state index is 0.165. The third-order valence-electron chi connectivity index (χ3n) is 7.21. The molecule has 3 aliphatic carbocycles. The second-order valence-electron chi connectivity index (χ2n) is 8.97. The molecule has 7 rings (SSSR count). The maximum Gasteiger partial charge on any atom is 0.0364 e. The van der Waals surface area contributed by atoms with Crippen LogP contribution in [0.1, 0.15) is 33.7 Å². The third-order valence-corrected chi connectivity index (χ3v) is 7.21. The largest absolute Gasteiger partial charge is 0.120 e. The van der Waals surface area contributed by atoms with Gasteiger partial charge in [0.25, 0.3) is 0 Å². The van der Waals surface area contributed by atoms with Gasteiger partial charge in [-0.2, -0.15) is 0 Å². The van der Waals surface area contributed by atoms with Crippen molar-refractivity contribution in [1.82, 2.24) is 0 Å². The van der Waals surface area contributed by atoms with E-state index in [-0.39, 0.29) is 5.92 Å². The van der Waals surface area contributed by atoms with Crippen molar-refractivity contribution in [2.45, 2.75) is 5.92 Å². The summed E-state index contributed by atoms with van der Waals surface area (Å²) in [7, 11) is 0. The maximum absolute atomic E-state index is 3.34. The number of rotatable bonds is 2. The van der Waals surface area contributed by atoms with Crippen molar-refractivity contribution in [3.05, 3.63) is 167 Å². The minimum atomic E-state index is 0.165. The summed E-state index contributed by atoms with van der Waals surface area (Å²) >= 11 is 0. The molecule has 3 aliphatic rings. The van der Waals surface area contributed by atoms with Crippen LogP contribution in [0.3, 0.4) is 0 Å². The second kappa shape index (κ2) is 7.59. The Kier molecular flexibility index (Phi) is 4.27. The molecule has 0 fully saturated rings. The zero-order chi connectivity index (χ0) is 22.5. The van der Waals surface area contributed by atoms with E-state index in [4.69, 9.17) is 0 Å². The van der Waals surface area contributed by atoms with Gasteiger partial charge in [-0.25, -0.2) is 0 Å². The quantitative estimate of drug-likeness (QED) is 0.280. The molecule has 0 spiro atoms. The van der Waals surface area contributed by atoms with Gasteiger partial charge >= 0.3 is 0 Å². The van der Waals surface area contributed by atoms with Crippen molar-refractivity contribution in [2.24, 2.45) is 0 Å². The van der Waals surface area contributed by atoms with Gasteiger partial charge in [-0.15, -0.1) is 5.73 Å². The van der Waals surface area contributed by atoms with Gasteiger partial charge in [-0.05, 0) is 73.4 Å². The van der Waals surface area contributed by atoms with Gasteiger partial charge in [-0.1, -0.05) is 115 Å². The summed E-state index contributed by atoms with van der Waals surface area (Å²) in [5, 5.41) is 0. The number of allylic oxidation sites excluding steroid dienone is 7. The Balaban J connectivity index is 1.63. The van der Waals surface area contributed by atoms with Crippen LogP contribution >= 0.6 is 0 Å². The van der Waals surface area contributed by atoms with Gasteiger partial charge < -0.3 is 0 Å². The van der Waals surface area contributed by atoms with E-state index in [1.807, 2.05) is 6.08 Å². The van der Waals surface area contributed by atoms with E-state index in [1.165, 1.54) is 61.2 Å². The Labute approximate surface area is 200 Å². The molecule has 0 radical (unpaired) electrons. The van der Waals surface area contributed by atoms with Gasteiger partial charge in [0.1, 0.15) is 0 Å². The molecule has 0 aromatic heterocycles. The van der Waals surface area contributed by atoms with Gasteiger partial charge in [0.15, 0.2) is 0 Å². The lowest BCUT2D eigenvalue weighted by Gasteiger charge is -2.23. The lowest BCUT2D eigenvalue weighted by Crippen LogP contribution is -2.04. The summed E-state index contributed by atoms with van der Waals surface area (Å²) < 4.78 is 0. The molecule has 0 aliphatic heterocycles. The highest BCUT2D eigenvalue weighted by atomic mass is 14.4. The van der Waals surface area contributed by atoms with Crippen molar-refractivity contribution in [1.29, 1.82) is 0 Å². The predicted molar refractivity (Wildman–Crippen MR) is 142 cm³/mol. The van der Waals surface area contributed by atoms with E-state index in [0.717, 1.165) is 0 Å². The van der Waals surface area contributed by atoms with Crippen molar-refractivity contribution in [2.75, 3.05) is 0 Å². The van der Waals surface area contributed by atoms with Gasteiger partial charge in [0.05, 0.1) is 0 Å². The zero-order valence-corrected chi connectivity index (χ0v) is 18.7. The molecule has 0 heterocycles. The van der Waals surface area contributed by atoms with Crippen LogP contribution in [0.25, 0.3) is 27.8 Å². The first-order valence-electron chi connectivity index (χ1n) is 11.8. The molecule has 4 aromatic carbocycles. The molecule has 34 heavy (non-hydrogen) atoms. The first-order valence-corrected chi connectivity index (χ1v) is 11.8. The topological polar surface area (TPSA) is 0 Å². The number of benzene rings is 4. The highest BCUT2D eigenvalue weighted by molar-refractivity contribution is 6.14. The van der Waals surface area contributed by atoms with E-state index in [9.17, 15) is 0 Å². The van der Waals surface area contributed by atoms with Crippen LogP contribution in [0.2, 0.25) is 0 Å². The van der Waals surface area contributed by atoms with Crippen LogP contribution in [-0.4, -0.2) is 0 Å². The molecule has 0 nitrogen and oxygen atoms in total. The summed E-state index contributed by atoms with van der Waals surface area (Å²) in [6, 6.07) is 37.6. The lowest BCUT2D eigenvalue weighted by molar-refractivity contribution is 1.09. The van der Waals surface area contributed by atoms with E-state index in [1.54, 1.807) is 0 Å². The highest BCUT2D eigenvalue weighted by Crippen LogP contribution is 2.56. The van der Waals surface area contributed by atoms with Gasteiger partial charge in [0, 0.05) is 5.92 Å². The minimum Gasteiger partial charge on any atom is -0.120 e. The zero-order valence-electron chi connectivity index (χ0n) is 18.7. The van der Waals surface area contributed by atoms with Crippen molar-refractivity contribution < 1.29 is 0 Å². The van der Waals surface area contributed by atoms with Crippen LogP contribution in [-0.2, 0) is 0 Å². The Bertz CT molecular complexity index is 1570. The summed E-state index contributed by atoms with van der Waals surface area (Å²) in [6.45, 7) is 0. The molecule has 0 saturated carbocycles. The molecule has 0 amide bonds. The SMILES string of the molecule is C1=CC=CC2=C(C=1)c1ccccc1C2=C(c1ccccc1)C1c2ccccc2-c2ccccc21. The molecule has 4 aromatic rings. The highest BCUT2D eigenvalue weighted by Gasteiger charge is 2.36. The first-order chi connectivity index (χ1) is 16.9. The monoisotopic (exact) mass is 430 g/mol. The van der Waals surface area contributed by atoms with E-state index < -0.39 is 0 Å². The van der Waals surface area contributed by atoms with Crippen molar-refractivity contribution >= 4 is 16.7 Å². The van der Waals surface area contributed by atoms with Gasteiger partial charge in [-0.3, -0.25) is 0 Å². The molecular formula is C34H22.